The number of aryl methyl sites for hydroxylation is 1. The van der Waals surface area contributed by atoms with E-state index in [4.69, 9.17) is 0 Å². The van der Waals surface area contributed by atoms with Crippen molar-refractivity contribution in [2.45, 2.75) is 38.0 Å². The molecule has 2 aromatic carbocycles. The predicted molar refractivity (Wildman–Crippen MR) is 133 cm³/mol. The fourth-order valence-electron chi connectivity index (χ4n) is 4.61. The molecule has 0 atom stereocenters. The maximum Gasteiger partial charge on any atom is 0.256 e. The molecule has 2 aliphatic heterocycles. The maximum absolute atomic E-state index is 13.3. The van der Waals surface area contributed by atoms with Gasteiger partial charge in [0.15, 0.2) is 0 Å². The minimum Gasteiger partial charge on any atom is -0.367 e. The van der Waals surface area contributed by atoms with Crippen molar-refractivity contribution >= 4 is 27.3 Å². The molecule has 7 nitrogen and oxygen atoms in total. The van der Waals surface area contributed by atoms with Gasteiger partial charge in [-0.1, -0.05) is 31.5 Å². The zero-order chi connectivity index (χ0) is 23.4. The average molecular weight is 471 g/mol. The van der Waals surface area contributed by atoms with Crippen LogP contribution in [0.2, 0.25) is 0 Å². The molecule has 1 amide bonds. The summed E-state index contributed by atoms with van der Waals surface area (Å²) in [4.78, 5) is 18.2. The number of amides is 1. The van der Waals surface area contributed by atoms with Crippen LogP contribution in [0.5, 0.6) is 0 Å². The lowest BCUT2D eigenvalue weighted by atomic mass is 10.1. The molecule has 0 radical (unpaired) electrons. The second kappa shape index (κ2) is 10.2. The summed E-state index contributed by atoms with van der Waals surface area (Å²) in [7, 11) is -3.60. The summed E-state index contributed by atoms with van der Waals surface area (Å²) in [6, 6.07) is 12.7. The van der Waals surface area contributed by atoms with Gasteiger partial charge in [-0.3, -0.25) is 4.79 Å². The van der Waals surface area contributed by atoms with Crippen LogP contribution < -0.4 is 10.2 Å². The molecule has 0 aromatic heterocycles. The molecule has 0 aliphatic carbocycles. The van der Waals surface area contributed by atoms with E-state index in [1.54, 1.807) is 12.1 Å². The summed E-state index contributed by atoms with van der Waals surface area (Å²) in [6.07, 6.45) is 2.81. The van der Waals surface area contributed by atoms with Crippen LogP contribution in [-0.2, 0) is 10.0 Å². The first-order valence-corrected chi connectivity index (χ1v) is 13.3. The summed E-state index contributed by atoms with van der Waals surface area (Å²) in [5.41, 5.74) is 2.88. The lowest BCUT2D eigenvalue weighted by molar-refractivity contribution is 0.102. The number of carbonyl (C=O) groups is 1. The Morgan fingerprint density at radius 2 is 1.64 bits per heavy atom. The number of sulfonamides is 1. The third-order valence-corrected chi connectivity index (χ3v) is 8.61. The molecule has 2 aliphatic rings. The van der Waals surface area contributed by atoms with Crippen LogP contribution in [0, 0.1) is 6.92 Å². The van der Waals surface area contributed by atoms with Crippen LogP contribution in [0.4, 0.5) is 11.4 Å². The van der Waals surface area contributed by atoms with Crippen molar-refractivity contribution in [1.82, 2.24) is 9.21 Å². The number of nitrogens with zero attached hydrogens (tertiary/aromatic N) is 3. The van der Waals surface area contributed by atoms with Gasteiger partial charge in [0.2, 0.25) is 10.0 Å². The quantitative estimate of drug-likeness (QED) is 0.699. The van der Waals surface area contributed by atoms with E-state index in [0.29, 0.717) is 18.7 Å². The number of hydrogen-bond donors (Lipinski definition) is 1. The topological polar surface area (TPSA) is 73.0 Å². The number of carbonyl (C=O) groups excluding carboxylic acids is 1. The zero-order valence-electron chi connectivity index (χ0n) is 19.6. The normalized spacial score (nSPS) is 18.3. The van der Waals surface area contributed by atoms with Crippen molar-refractivity contribution in [3.8, 4) is 0 Å². The van der Waals surface area contributed by atoms with E-state index in [0.717, 1.165) is 68.9 Å². The van der Waals surface area contributed by atoms with Gasteiger partial charge >= 0.3 is 0 Å². The minimum absolute atomic E-state index is 0.184. The Morgan fingerprint density at radius 1 is 0.939 bits per heavy atom. The third kappa shape index (κ3) is 5.23. The second-order valence-electron chi connectivity index (χ2n) is 8.83. The molecule has 2 saturated heterocycles. The summed E-state index contributed by atoms with van der Waals surface area (Å²) in [6.45, 7) is 9.93. The van der Waals surface area contributed by atoms with Gasteiger partial charge in [-0.25, -0.2) is 8.42 Å². The standard InChI is InChI=1S/C25H34N4O3S/c1-3-27-15-17-28(18-16-27)24-10-6-5-9-23(24)26-25(30)22-19-21(12-11-20(22)2)33(31,32)29-13-7-4-8-14-29/h5-6,9-12,19H,3-4,7-8,13-18H2,1-2H3,(H,26,30). The summed E-state index contributed by atoms with van der Waals surface area (Å²) in [5.74, 6) is -0.289. The number of likely N-dealkylation sites (N-methyl/N-ethyl adjacent to an activating group) is 1. The van der Waals surface area contributed by atoms with Gasteiger partial charge in [0.1, 0.15) is 0 Å². The molecule has 178 valence electrons. The van der Waals surface area contributed by atoms with Gasteiger partial charge in [0, 0.05) is 44.8 Å². The number of para-hydroxylation sites is 2. The fraction of sp³-hybridized carbons (Fsp3) is 0.480. The van der Waals surface area contributed by atoms with Crippen LogP contribution in [0.15, 0.2) is 47.4 Å². The number of hydrogen-bond acceptors (Lipinski definition) is 5. The number of piperazine rings is 1. The van der Waals surface area contributed by atoms with E-state index in [1.807, 2.05) is 31.2 Å². The van der Waals surface area contributed by atoms with E-state index in [-0.39, 0.29) is 10.8 Å². The first kappa shape index (κ1) is 23.7. The van der Waals surface area contributed by atoms with Crippen LogP contribution in [0.25, 0.3) is 0 Å². The van der Waals surface area contributed by atoms with Crippen LogP contribution in [0.1, 0.15) is 42.1 Å². The fourth-order valence-corrected chi connectivity index (χ4v) is 6.15. The lowest BCUT2D eigenvalue weighted by Gasteiger charge is -2.36. The largest absolute Gasteiger partial charge is 0.367 e. The molecule has 1 N–H and O–H groups in total. The number of benzene rings is 2. The van der Waals surface area contributed by atoms with Crippen molar-refractivity contribution in [1.29, 1.82) is 0 Å². The summed E-state index contributed by atoms with van der Waals surface area (Å²) in [5, 5.41) is 3.05. The maximum atomic E-state index is 13.3. The van der Waals surface area contributed by atoms with Crippen LogP contribution >= 0.6 is 0 Å². The molecule has 33 heavy (non-hydrogen) atoms. The number of rotatable bonds is 6. The van der Waals surface area contributed by atoms with Gasteiger partial charge in [0.25, 0.3) is 5.91 Å². The van der Waals surface area contributed by atoms with Crippen LogP contribution in [0.3, 0.4) is 0 Å². The number of nitrogens with one attached hydrogen (secondary N) is 1. The SMILES string of the molecule is CCN1CCN(c2ccccc2NC(=O)c2cc(S(=O)(=O)N3CCCCC3)ccc2C)CC1. The van der Waals surface area contributed by atoms with E-state index < -0.39 is 10.0 Å². The van der Waals surface area contributed by atoms with E-state index in [9.17, 15) is 13.2 Å². The molecule has 2 heterocycles. The monoisotopic (exact) mass is 470 g/mol. The first-order valence-electron chi connectivity index (χ1n) is 11.9. The van der Waals surface area contributed by atoms with Gasteiger partial charge < -0.3 is 15.1 Å². The van der Waals surface area contributed by atoms with Gasteiger partial charge in [-0.05, 0) is 56.1 Å². The van der Waals surface area contributed by atoms with Gasteiger partial charge in [0.05, 0.1) is 16.3 Å². The highest BCUT2D eigenvalue weighted by Gasteiger charge is 2.27. The Balaban J connectivity index is 1.56. The number of anilines is 2. The van der Waals surface area contributed by atoms with Crippen molar-refractivity contribution in [2.75, 3.05) is 56.0 Å². The molecular formula is C25H34N4O3S. The van der Waals surface area contributed by atoms with Crippen LogP contribution in [-0.4, -0.2) is 69.3 Å². The molecule has 0 unspecified atom stereocenters. The Hall–Kier alpha value is -2.42. The van der Waals surface area contributed by atoms with Crippen molar-refractivity contribution < 1.29 is 13.2 Å². The minimum atomic E-state index is -3.60. The van der Waals surface area contributed by atoms with E-state index in [2.05, 4.69) is 22.0 Å². The Bertz CT molecular complexity index is 1090. The molecular weight excluding hydrogens is 436 g/mol. The summed E-state index contributed by atoms with van der Waals surface area (Å²) >= 11 is 0. The lowest BCUT2D eigenvalue weighted by Crippen LogP contribution is -2.46. The molecule has 2 aromatic rings. The molecule has 0 spiro atoms. The van der Waals surface area contributed by atoms with E-state index in [1.165, 1.54) is 10.4 Å². The average Bonchev–Trinajstić information content (AvgIpc) is 2.85. The Kier molecular flexibility index (Phi) is 7.36. The van der Waals surface area contributed by atoms with Crippen molar-refractivity contribution in [3.63, 3.8) is 0 Å². The highest BCUT2D eigenvalue weighted by atomic mass is 32.2. The van der Waals surface area contributed by atoms with E-state index >= 15 is 0 Å². The van der Waals surface area contributed by atoms with Crippen molar-refractivity contribution in [3.05, 3.63) is 53.6 Å². The Labute approximate surface area is 197 Å². The molecule has 8 heteroatoms. The predicted octanol–water partition coefficient (Wildman–Crippen LogP) is 3.56. The molecule has 2 fully saturated rings. The molecule has 0 bridgehead atoms. The highest BCUT2D eigenvalue weighted by Crippen LogP contribution is 2.28. The second-order valence-corrected chi connectivity index (χ2v) is 10.8. The smallest absolute Gasteiger partial charge is 0.256 e. The molecule has 4 rings (SSSR count). The Morgan fingerprint density at radius 3 is 2.33 bits per heavy atom. The first-order chi connectivity index (χ1) is 15.9. The third-order valence-electron chi connectivity index (χ3n) is 6.72. The summed E-state index contributed by atoms with van der Waals surface area (Å²) < 4.78 is 27.8. The van der Waals surface area contributed by atoms with Gasteiger partial charge in [-0.2, -0.15) is 4.31 Å². The zero-order valence-corrected chi connectivity index (χ0v) is 20.4. The van der Waals surface area contributed by atoms with Gasteiger partial charge in [-0.15, -0.1) is 0 Å². The van der Waals surface area contributed by atoms with Crippen molar-refractivity contribution in [2.24, 2.45) is 0 Å². The molecule has 0 saturated carbocycles. The number of piperidine rings is 1. The highest BCUT2D eigenvalue weighted by molar-refractivity contribution is 7.89.